The van der Waals surface area contributed by atoms with Crippen LogP contribution < -0.4 is 5.32 Å². The number of thiophene rings is 1. The van der Waals surface area contributed by atoms with Crippen LogP contribution in [0.2, 0.25) is 0 Å². The van der Waals surface area contributed by atoms with E-state index in [4.69, 9.17) is 9.26 Å². The van der Waals surface area contributed by atoms with Gasteiger partial charge >= 0.3 is 5.97 Å². The zero-order valence-corrected chi connectivity index (χ0v) is 14.6. The number of ether oxygens (including phenoxy) is 1. The standard InChI is InChI=1S/C17H20N2O4S/c1-3-10-9-12(19-23-10)15(20)18-16-14(17(21)22-4-2)11-7-5-6-8-13(11)24-16/h9H,3-8H2,1-2H3,(H,18,20). The van der Waals surface area contributed by atoms with Crippen molar-refractivity contribution >= 4 is 28.2 Å². The summed E-state index contributed by atoms with van der Waals surface area (Å²) >= 11 is 1.46. The number of carbonyl (C=O) groups excluding carboxylic acids is 2. The van der Waals surface area contributed by atoms with Gasteiger partial charge in [-0.25, -0.2) is 4.79 Å². The van der Waals surface area contributed by atoms with Gasteiger partial charge < -0.3 is 14.6 Å². The van der Waals surface area contributed by atoms with Gasteiger partial charge in [-0.3, -0.25) is 4.79 Å². The molecule has 1 aliphatic rings. The van der Waals surface area contributed by atoms with Crippen molar-refractivity contribution in [3.63, 3.8) is 0 Å². The molecule has 0 saturated carbocycles. The van der Waals surface area contributed by atoms with Gasteiger partial charge in [-0.2, -0.15) is 0 Å². The lowest BCUT2D eigenvalue weighted by Crippen LogP contribution is -2.16. The van der Waals surface area contributed by atoms with Crippen molar-refractivity contribution in [2.24, 2.45) is 0 Å². The number of anilines is 1. The summed E-state index contributed by atoms with van der Waals surface area (Å²) in [5.41, 5.74) is 1.74. The normalized spacial score (nSPS) is 13.4. The van der Waals surface area contributed by atoms with Crippen molar-refractivity contribution in [3.8, 4) is 0 Å². The summed E-state index contributed by atoms with van der Waals surface area (Å²) in [5.74, 6) is -0.0968. The molecule has 24 heavy (non-hydrogen) atoms. The van der Waals surface area contributed by atoms with Crippen molar-refractivity contribution in [1.82, 2.24) is 5.16 Å². The molecule has 0 radical (unpaired) electrons. The minimum Gasteiger partial charge on any atom is -0.462 e. The number of hydrogen-bond donors (Lipinski definition) is 1. The summed E-state index contributed by atoms with van der Waals surface area (Å²) in [6.07, 6.45) is 4.60. The zero-order chi connectivity index (χ0) is 17.1. The van der Waals surface area contributed by atoms with E-state index in [0.29, 0.717) is 29.4 Å². The first-order chi connectivity index (χ1) is 11.6. The van der Waals surface area contributed by atoms with Crippen LogP contribution in [-0.4, -0.2) is 23.6 Å². The van der Waals surface area contributed by atoms with Gasteiger partial charge in [-0.1, -0.05) is 12.1 Å². The van der Waals surface area contributed by atoms with Gasteiger partial charge in [-0.05, 0) is 38.2 Å². The quantitative estimate of drug-likeness (QED) is 0.835. The Morgan fingerprint density at radius 1 is 1.33 bits per heavy atom. The second-order valence-electron chi connectivity index (χ2n) is 5.62. The molecule has 6 nitrogen and oxygen atoms in total. The van der Waals surface area contributed by atoms with E-state index in [1.807, 2.05) is 6.92 Å². The molecule has 0 unspecified atom stereocenters. The summed E-state index contributed by atoms with van der Waals surface area (Å²) in [6, 6.07) is 1.62. The SMILES string of the molecule is CCOC(=O)c1c(NC(=O)c2cc(CC)on2)sc2c1CCCC2. The van der Waals surface area contributed by atoms with E-state index in [9.17, 15) is 9.59 Å². The van der Waals surface area contributed by atoms with Gasteiger partial charge in [-0.15, -0.1) is 11.3 Å². The average Bonchev–Trinajstić information content (AvgIpc) is 3.19. The van der Waals surface area contributed by atoms with Crippen LogP contribution in [0.15, 0.2) is 10.6 Å². The number of amides is 1. The van der Waals surface area contributed by atoms with Crippen LogP contribution in [0.4, 0.5) is 5.00 Å². The molecule has 128 valence electrons. The molecule has 1 amide bonds. The molecule has 0 aliphatic heterocycles. The van der Waals surface area contributed by atoms with Crippen molar-refractivity contribution in [2.75, 3.05) is 11.9 Å². The fourth-order valence-corrected chi connectivity index (χ4v) is 4.10. The molecule has 1 aliphatic carbocycles. The highest BCUT2D eigenvalue weighted by Crippen LogP contribution is 2.38. The lowest BCUT2D eigenvalue weighted by atomic mass is 9.95. The van der Waals surface area contributed by atoms with Crippen molar-refractivity contribution in [3.05, 3.63) is 33.5 Å². The number of nitrogens with one attached hydrogen (secondary N) is 1. The van der Waals surface area contributed by atoms with Gasteiger partial charge in [0, 0.05) is 17.4 Å². The van der Waals surface area contributed by atoms with E-state index in [1.165, 1.54) is 11.3 Å². The molecule has 2 aromatic heterocycles. The smallest absolute Gasteiger partial charge is 0.341 e. The van der Waals surface area contributed by atoms with Gasteiger partial charge in [0.25, 0.3) is 5.91 Å². The van der Waals surface area contributed by atoms with Crippen LogP contribution in [-0.2, 0) is 24.0 Å². The molecule has 2 aromatic rings. The maximum absolute atomic E-state index is 12.4. The molecule has 0 saturated heterocycles. The summed E-state index contributed by atoms with van der Waals surface area (Å²) in [4.78, 5) is 25.9. The highest BCUT2D eigenvalue weighted by molar-refractivity contribution is 7.17. The number of aromatic nitrogens is 1. The monoisotopic (exact) mass is 348 g/mol. The van der Waals surface area contributed by atoms with Gasteiger partial charge in [0.2, 0.25) is 0 Å². The molecule has 0 fully saturated rings. The van der Waals surface area contributed by atoms with E-state index >= 15 is 0 Å². The molecule has 3 rings (SSSR count). The Kier molecular flexibility index (Phi) is 4.99. The number of rotatable bonds is 5. The van der Waals surface area contributed by atoms with Crippen molar-refractivity contribution in [1.29, 1.82) is 0 Å². The minimum atomic E-state index is -0.374. The van der Waals surface area contributed by atoms with E-state index in [2.05, 4.69) is 10.5 Å². The first-order valence-corrected chi connectivity index (χ1v) is 9.04. The summed E-state index contributed by atoms with van der Waals surface area (Å²) < 4.78 is 10.3. The van der Waals surface area contributed by atoms with Crippen molar-refractivity contribution < 1.29 is 18.8 Å². The van der Waals surface area contributed by atoms with Crippen LogP contribution in [0.5, 0.6) is 0 Å². The largest absolute Gasteiger partial charge is 0.462 e. The number of aryl methyl sites for hydroxylation is 2. The Bertz CT molecular complexity index is 763. The zero-order valence-electron chi connectivity index (χ0n) is 13.8. The molecule has 0 bridgehead atoms. The van der Waals surface area contributed by atoms with Crippen LogP contribution in [0.25, 0.3) is 0 Å². The predicted molar refractivity (Wildman–Crippen MR) is 90.8 cm³/mol. The Hall–Kier alpha value is -2.15. The van der Waals surface area contributed by atoms with Crippen molar-refractivity contribution in [2.45, 2.75) is 46.0 Å². The molecule has 1 N–H and O–H groups in total. The number of hydrogen-bond acceptors (Lipinski definition) is 6. The topological polar surface area (TPSA) is 81.4 Å². The number of esters is 1. The van der Waals surface area contributed by atoms with Crippen LogP contribution in [0.1, 0.15) is 63.7 Å². The van der Waals surface area contributed by atoms with E-state index in [0.717, 1.165) is 36.1 Å². The molecular weight excluding hydrogens is 328 g/mol. The maximum atomic E-state index is 12.4. The van der Waals surface area contributed by atoms with Crippen LogP contribution in [0, 0.1) is 0 Å². The first-order valence-electron chi connectivity index (χ1n) is 8.22. The molecule has 0 aromatic carbocycles. The summed E-state index contributed by atoms with van der Waals surface area (Å²) in [6.45, 7) is 4.00. The Morgan fingerprint density at radius 2 is 2.12 bits per heavy atom. The first kappa shape index (κ1) is 16.7. The lowest BCUT2D eigenvalue weighted by Gasteiger charge is -2.12. The second-order valence-corrected chi connectivity index (χ2v) is 6.73. The third-order valence-electron chi connectivity index (χ3n) is 4.02. The average molecular weight is 348 g/mol. The Labute approximate surface area is 144 Å². The van der Waals surface area contributed by atoms with E-state index < -0.39 is 0 Å². The molecule has 7 heteroatoms. The van der Waals surface area contributed by atoms with Gasteiger partial charge in [0.15, 0.2) is 5.69 Å². The van der Waals surface area contributed by atoms with Crippen LogP contribution in [0.3, 0.4) is 0 Å². The molecular formula is C17H20N2O4S. The molecule has 2 heterocycles. The Balaban J connectivity index is 1.90. The summed E-state index contributed by atoms with van der Waals surface area (Å²) in [7, 11) is 0. The third kappa shape index (κ3) is 3.21. The predicted octanol–water partition coefficient (Wildman–Crippen LogP) is 3.61. The van der Waals surface area contributed by atoms with E-state index in [-0.39, 0.29) is 17.6 Å². The number of carbonyl (C=O) groups is 2. The maximum Gasteiger partial charge on any atom is 0.341 e. The second kappa shape index (κ2) is 7.17. The summed E-state index contributed by atoms with van der Waals surface area (Å²) in [5, 5.41) is 7.14. The van der Waals surface area contributed by atoms with Gasteiger partial charge in [0.1, 0.15) is 10.8 Å². The third-order valence-corrected chi connectivity index (χ3v) is 5.23. The fraction of sp³-hybridized carbons (Fsp3) is 0.471. The number of fused-ring (bicyclic) bond motifs is 1. The van der Waals surface area contributed by atoms with E-state index in [1.54, 1.807) is 13.0 Å². The Morgan fingerprint density at radius 3 is 2.83 bits per heavy atom. The number of nitrogens with zero attached hydrogens (tertiary/aromatic N) is 1. The van der Waals surface area contributed by atoms with Gasteiger partial charge in [0.05, 0.1) is 12.2 Å². The fourth-order valence-electron chi connectivity index (χ4n) is 2.83. The highest BCUT2D eigenvalue weighted by Gasteiger charge is 2.27. The molecule has 0 atom stereocenters. The minimum absolute atomic E-state index is 0.216. The van der Waals surface area contributed by atoms with Crippen LogP contribution >= 0.6 is 11.3 Å². The lowest BCUT2D eigenvalue weighted by molar-refractivity contribution is 0.0526. The molecule has 0 spiro atoms. The highest BCUT2D eigenvalue weighted by atomic mass is 32.1.